The van der Waals surface area contributed by atoms with E-state index in [2.05, 4.69) is 4.98 Å². The van der Waals surface area contributed by atoms with E-state index < -0.39 is 5.69 Å². The molecule has 8 nitrogen and oxygen atoms in total. The lowest BCUT2D eigenvalue weighted by Crippen LogP contribution is -2.40. The van der Waals surface area contributed by atoms with Crippen LogP contribution in [-0.2, 0) is 20.1 Å². The van der Waals surface area contributed by atoms with Crippen LogP contribution in [0, 0.1) is 0 Å². The van der Waals surface area contributed by atoms with E-state index in [1.165, 1.54) is 9.13 Å². The summed E-state index contributed by atoms with van der Waals surface area (Å²) in [6.45, 7) is 1.37. The standard InChI is InChI=1S/C22H20ClN5O3/c1-25-19-18(20(29)28(22(25)30)13-14-6-4-3-5-7-14)27-11-10-26(21(27)24-19)16-12-15(23)8-9-17(16)31-2/h3-9,12H,10-11,13H2,1-2H3. The highest BCUT2D eigenvalue weighted by Crippen LogP contribution is 2.38. The Morgan fingerprint density at radius 2 is 1.87 bits per heavy atom. The van der Waals surface area contributed by atoms with Gasteiger partial charge in [-0.05, 0) is 23.8 Å². The Kier molecular flexibility index (Phi) is 4.59. The minimum absolute atomic E-state index is 0.203. The van der Waals surface area contributed by atoms with Crippen LogP contribution in [0.4, 0.5) is 11.6 Å². The number of imidazole rings is 1. The molecule has 9 heteroatoms. The molecular weight excluding hydrogens is 418 g/mol. The number of halogens is 1. The molecule has 1 aliphatic heterocycles. The number of anilines is 2. The Balaban J connectivity index is 1.70. The molecule has 0 saturated carbocycles. The number of aryl methyl sites for hydroxylation is 1. The van der Waals surface area contributed by atoms with Crippen LogP contribution < -0.4 is 20.9 Å². The first-order valence-corrected chi connectivity index (χ1v) is 10.2. The van der Waals surface area contributed by atoms with Gasteiger partial charge in [0.1, 0.15) is 5.75 Å². The average Bonchev–Trinajstić information content (AvgIpc) is 3.35. The van der Waals surface area contributed by atoms with Crippen molar-refractivity contribution in [3.8, 4) is 5.75 Å². The van der Waals surface area contributed by atoms with Gasteiger partial charge in [0.05, 0.1) is 19.3 Å². The van der Waals surface area contributed by atoms with Crippen molar-refractivity contribution in [3.63, 3.8) is 0 Å². The maximum atomic E-state index is 13.4. The van der Waals surface area contributed by atoms with E-state index in [1.807, 2.05) is 45.9 Å². The summed E-state index contributed by atoms with van der Waals surface area (Å²) in [6.07, 6.45) is 0. The summed E-state index contributed by atoms with van der Waals surface area (Å²) in [5.41, 5.74) is 1.67. The molecule has 1 aliphatic rings. The Morgan fingerprint density at radius 1 is 1.10 bits per heavy atom. The highest BCUT2D eigenvalue weighted by molar-refractivity contribution is 6.31. The highest BCUT2D eigenvalue weighted by Gasteiger charge is 2.30. The van der Waals surface area contributed by atoms with Gasteiger partial charge in [0, 0.05) is 25.2 Å². The van der Waals surface area contributed by atoms with Crippen LogP contribution in [0.5, 0.6) is 5.75 Å². The maximum absolute atomic E-state index is 13.4. The van der Waals surface area contributed by atoms with Crippen molar-refractivity contribution in [2.45, 2.75) is 13.1 Å². The molecular formula is C22H20ClN5O3. The summed E-state index contributed by atoms with van der Waals surface area (Å²) < 4.78 is 10.0. The molecule has 0 N–H and O–H groups in total. The van der Waals surface area contributed by atoms with Gasteiger partial charge < -0.3 is 14.2 Å². The van der Waals surface area contributed by atoms with Crippen molar-refractivity contribution in [2.24, 2.45) is 7.05 Å². The van der Waals surface area contributed by atoms with E-state index in [9.17, 15) is 9.59 Å². The molecule has 5 rings (SSSR count). The first kappa shape index (κ1) is 19.4. The Bertz CT molecular complexity index is 1420. The van der Waals surface area contributed by atoms with Crippen LogP contribution >= 0.6 is 11.6 Å². The molecule has 158 valence electrons. The largest absolute Gasteiger partial charge is 0.495 e. The number of hydrogen-bond acceptors (Lipinski definition) is 5. The number of ether oxygens (including phenoxy) is 1. The molecule has 0 atom stereocenters. The molecule has 0 bridgehead atoms. The van der Waals surface area contributed by atoms with E-state index in [-0.39, 0.29) is 12.1 Å². The first-order chi connectivity index (χ1) is 15.0. The second kappa shape index (κ2) is 7.31. The van der Waals surface area contributed by atoms with Gasteiger partial charge in [-0.25, -0.2) is 4.79 Å². The molecule has 2 aromatic carbocycles. The molecule has 31 heavy (non-hydrogen) atoms. The van der Waals surface area contributed by atoms with Crippen molar-refractivity contribution in [3.05, 3.63) is 80.0 Å². The second-order valence-electron chi connectivity index (χ2n) is 7.42. The number of benzene rings is 2. The zero-order chi connectivity index (χ0) is 21.7. The fourth-order valence-electron chi connectivity index (χ4n) is 4.09. The van der Waals surface area contributed by atoms with Crippen molar-refractivity contribution in [2.75, 3.05) is 18.6 Å². The fraction of sp³-hybridized carbons (Fsp3) is 0.227. The van der Waals surface area contributed by atoms with E-state index in [0.717, 1.165) is 11.3 Å². The summed E-state index contributed by atoms with van der Waals surface area (Å²) in [5.74, 6) is 1.24. The van der Waals surface area contributed by atoms with Crippen molar-refractivity contribution in [1.82, 2.24) is 18.7 Å². The van der Waals surface area contributed by atoms with E-state index in [4.69, 9.17) is 16.3 Å². The summed E-state index contributed by atoms with van der Waals surface area (Å²) in [4.78, 5) is 32.9. The molecule has 0 aliphatic carbocycles. The number of hydrogen-bond donors (Lipinski definition) is 0. The van der Waals surface area contributed by atoms with Crippen LogP contribution in [0.1, 0.15) is 5.56 Å². The minimum atomic E-state index is -0.398. The van der Waals surface area contributed by atoms with E-state index >= 15 is 0 Å². The Morgan fingerprint density at radius 3 is 2.61 bits per heavy atom. The zero-order valence-corrected chi connectivity index (χ0v) is 17.8. The fourth-order valence-corrected chi connectivity index (χ4v) is 4.25. The van der Waals surface area contributed by atoms with Crippen LogP contribution in [-0.4, -0.2) is 32.3 Å². The van der Waals surface area contributed by atoms with Crippen LogP contribution in [0.2, 0.25) is 5.02 Å². The van der Waals surface area contributed by atoms with Gasteiger partial charge >= 0.3 is 5.69 Å². The second-order valence-corrected chi connectivity index (χ2v) is 7.86. The molecule has 0 fully saturated rings. The monoisotopic (exact) mass is 437 g/mol. The lowest BCUT2D eigenvalue weighted by Gasteiger charge is -2.19. The summed E-state index contributed by atoms with van der Waals surface area (Å²) >= 11 is 6.22. The number of aromatic nitrogens is 4. The predicted molar refractivity (Wildman–Crippen MR) is 120 cm³/mol. The van der Waals surface area contributed by atoms with Crippen LogP contribution in [0.25, 0.3) is 11.2 Å². The van der Waals surface area contributed by atoms with E-state index in [0.29, 0.717) is 41.0 Å². The zero-order valence-electron chi connectivity index (χ0n) is 17.1. The molecule has 3 heterocycles. The van der Waals surface area contributed by atoms with Gasteiger partial charge in [-0.3, -0.25) is 13.9 Å². The van der Waals surface area contributed by atoms with Crippen molar-refractivity contribution < 1.29 is 4.74 Å². The van der Waals surface area contributed by atoms with Gasteiger partial charge in [0.25, 0.3) is 5.56 Å². The average molecular weight is 438 g/mol. The van der Waals surface area contributed by atoms with Gasteiger partial charge in [0.15, 0.2) is 11.2 Å². The topological polar surface area (TPSA) is 74.3 Å². The molecule has 2 aromatic heterocycles. The summed E-state index contributed by atoms with van der Waals surface area (Å²) in [7, 11) is 3.23. The van der Waals surface area contributed by atoms with E-state index in [1.54, 1.807) is 26.3 Å². The highest BCUT2D eigenvalue weighted by atomic mass is 35.5. The third-order valence-corrected chi connectivity index (χ3v) is 5.85. The molecule has 0 radical (unpaired) electrons. The smallest absolute Gasteiger partial charge is 0.332 e. The van der Waals surface area contributed by atoms with Crippen molar-refractivity contribution >= 4 is 34.4 Å². The number of fused-ring (bicyclic) bond motifs is 3. The normalized spacial score (nSPS) is 13.1. The van der Waals surface area contributed by atoms with Crippen LogP contribution in [0.15, 0.2) is 58.1 Å². The number of methoxy groups -OCH3 is 1. The lowest BCUT2D eigenvalue weighted by molar-refractivity contribution is 0.415. The molecule has 0 spiro atoms. The quantitative estimate of drug-likeness (QED) is 0.491. The molecule has 4 aromatic rings. The van der Waals surface area contributed by atoms with Crippen LogP contribution in [0.3, 0.4) is 0 Å². The first-order valence-electron chi connectivity index (χ1n) is 9.84. The Labute approximate surface area is 182 Å². The Hall–Kier alpha value is -3.52. The molecule has 0 unspecified atom stereocenters. The van der Waals surface area contributed by atoms with Gasteiger partial charge in [-0.15, -0.1) is 0 Å². The predicted octanol–water partition coefficient (Wildman–Crippen LogP) is 2.76. The summed E-state index contributed by atoms with van der Waals surface area (Å²) in [6, 6.07) is 14.8. The maximum Gasteiger partial charge on any atom is 0.332 e. The molecule has 0 saturated heterocycles. The van der Waals surface area contributed by atoms with Gasteiger partial charge in [-0.1, -0.05) is 41.9 Å². The molecule has 0 amide bonds. The van der Waals surface area contributed by atoms with Gasteiger partial charge in [0.2, 0.25) is 5.95 Å². The summed E-state index contributed by atoms with van der Waals surface area (Å²) in [5, 5.41) is 0.572. The minimum Gasteiger partial charge on any atom is -0.495 e. The number of nitrogens with zero attached hydrogens (tertiary/aromatic N) is 5. The lowest BCUT2D eigenvalue weighted by atomic mass is 10.2. The van der Waals surface area contributed by atoms with Crippen molar-refractivity contribution in [1.29, 1.82) is 0 Å². The van der Waals surface area contributed by atoms with Gasteiger partial charge in [-0.2, -0.15) is 4.98 Å². The SMILES string of the molecule is COc1ccc(Cl)cc1N1CCn2c1nc1c2c(=O)n(Cc2ccccc2)c(=O)n1C. The third kappa shape index (κ3) is 3.02. The number of rotatable bonds is 4. The third-order valence-electron chi connectivity index (χ3n) is 5.62.